The number of aromatic nitrogens is 2. The molecule has 0 aliphatic heterocycles. The molecule has 1 N–H and O–H groups in total. The molecule has 5 nitrogen and oxygen atoms in total. The number of hydrogen-bond acceptors (Lipinski definition) is 5. The third kappa shape index (κ3) is 3.20. The lowest BCUT2D eigenvalue weighted by Crippen LogP contribution is -2.11. The molecule has 18 heavy (non-hydrogen) atoms. The van der Waals surface area contributed by atoms with Crippen molar-refractivity contribution < 1.29 is 9.90 Å². The Morgan fingerprint density at radius 3 is 2.89 bits per heavy atom. The highest BCUT2D eigenvalue weighted by atomic mass is 32.2. The van der Waals surface area contributed by atoms with E-state index < -0.39 is 5.97 Å². The van der Waals surface area contributed by atoms with E-state index in [0.717, 1.165) is 18.5 Å². The minimum Gasteiger partial charge on any atom is -0.481 e. The van der Waals surface area contributed by atoms with Gasteiger partial charge in [-0.3, -0.25) is 4.79 Å². The van der Waals surface area contributed by atoms with Gasteiger partial charge in [0.2, 0.25) is 0 Å². The molecule has 1 aliphatic rings. The summed E-state index contributed by atoms with van der Waals surface area (Å²) < 4.78 is 0. The number of rotatable bonds is 5. The van der Waals surface area contributed by atoms with Gasteiger partial charge < -0.3 is 5.11 Å². The number of aliphatic carboxylic acids is 1. The maximum Gasteiger partial charge on any atom is 0.303 e. The number of hydrogen-bond donors (Lipinski definition) is 1. The number of carboxylic acid groups (broad SMARTS) is 1. The third-order valence-electron chi connectivity index (χ3n) is 2.94. The highest BCUT2D eigenvalue weighted by Gasteiger charge is 2.44. The van der Waals surface area contributed by atoms with Crippen LogP contribution in [-0.4, -0.2) is 26.8 Å². The van der Waals surface area contributed by atoms with Gasteiger partial charge in [0.15, 0.2) is 5.16 Å². The van der Waals surface area contributed by atoms with E-state index in [9.17, 15) is 4.79 Å². The quantitative estimate of drug-likeness (QED) is 0.646. The molecular formula is C12H13N3O2S. The minimum absolute atomic E-state index is 0.0869. The lowest BCUT2D eigenvalue weighted by atomic mass is 10.1. The monoisotopic (exact) mass is 263 g/mol. The fourth-order valence-electron chi connectivity index (χ4n) is 1.75. The highest BCUT2D eigenvalue weighted by molar-refractivity contribution is 7.99. The van der Waals surface area contributed by atoms with E-state index in [-0.39, 0.29) is 11.8 Å². The first-order chi connectivity index (χ1) is 8.53. The van der Waals surface area contributed by atoms with Crippen molar-refractivity contribution in [2.45, 2.75) is 31.3 Å². The molecule has 0 bridgehead atoms. The predicted octanol–water partition coefficient (Wildman–Crippen LogP) is 2.00. The number of nitriles is 1. The molecule has 1 aromatic rings. The zero-order valence-corrected chi connectivity index (χ0v) is 10.8. The summed E-state index contributed by atoms with van der Waals surface area (Å²) in [4.78, 5) is 19.1. The number of thioether (sulfide) groups is 1. The van der Waals surface area contributed by atoms with E-state index >= 15 is 0 Å². The van der Waals surface area contributed by atoms with Crippen LogP contribution in [0.1, 0.15) is 30.7 Å². The number of aryl methyl sites for hydroxylation is 1. The molecule has 1 aliphatic carbocycles. The van der Waals surface area contributed by atoms with Gasteiger partial charge in [-0.25, -0.2) is 9.97 Å². The average Bonchev–Trinajstić information content (AvgIpc) is 3.05. The van der Waals surface area contributed by atoms with Gasteiger partial charge in [0.25, 0.3) is 0 Å². The Bertz CT molecular complexity index is 521. The number of carboxylic acids is 1. The van der Waals surface area contributed by atoms with Crippen molar-refractivity contribution >= 4 is 17.7 Å². The zero-order valence-electron chi connectivity index (χ0n) is 10.0. The zero-order chi connectivity index (χ0) is 13.2. The Hall–Kier alpha value is -1.61. The van der Waals surface area contributed by atoms with Gasteiger partial charge in [-0.1, -0.05) is 11.8 Å². The Morgan fingerprint density at radius 1 is 1.61 bits per heavy atom. The molecule has 1 saturated carbocycles. The molecule has 0 unspecified atom stereocenters. The molecule has 1 heterocycles. The van der Waals surface area contributed by atoms with Crippen molar-refractivity contribution in [2.24, 2.45) is 5.41 Å². The normalized spacial score (nSPS) is 16.0. The second kappa shape index (κ2) is 4.94. The van der Waals surface area contributed by atoms with Crippen LogP contribution in [0.25, 0.3) is 0 Å². The highest BCUT2D eigenvalue weighted by Crippen LogP contribution is 2.51. The molecule has 6 heteroatoms. The second-order valence-corrected chi connectivity index (χ2v) is 5.59. The number of carbonyl (C=O) groups is 1. The molecule has 0 spiro atoms. The smallest absolute Gasteiger partial charge is 0.303 e. The Kier molecular flexibility index (Phi) is 3.53. The molecule has 0 radical (unpaired) electrons. The first-order valence-electron chi connectivity index (χ1n) is 5.63. The van der Waals surface area contributed by atoms with Gasteiger partial charge in [-0.15, -0.1) is 0 Å². The first-order valence-corrected chi connectivity index (χ1v) is 6.62. The summed E-state index contributed by atoms with van der Waals surface area (Å²) in [5.41, 5.74) is 1.02. The molecule has 1 fully saturated rings. The molecule has 0 amide bonds. The van der Waals surface area contributed by atoms with Crippen LogP contribution in [0.15, 0.2) is 11.2 Å². The summed E-state index contributed by atoms with van der Waals surface area (Å²) in [7, 11) is 0. The van der Waals surface area contributed by atoms with Crippen molar-refractivity contribution in [1.82, 2.24) is 9.97 Å². The van der Waals surface area contributed by atoms with Crippen molar-refractivity contribution in [1.29, 1.82) is 5.26 Å². The van der Waals surface area contributed by atoms with Gasteiger partial charge >= 0.3 is 5.97 Å². The summed E-state index contributed by atoms with van der Waals surface area (Å²) in [6, 6.07) is 3.63. The summed E-state index contributed by atoms with van der Waals surface area (Å²) in [6.45, 7) is 1.82. The van der Waals surface area contributed by atoms with Crippen molar-refractivity contribution in [3.63, 3.8) is 0 Å². The molecule has 2 rings (SSSR count). The molecule has 0 saturated heterocycles. The van der Waals surface area contributed by atoms with Crippen LogP contribution in [0.3, 0.4) is 0 Å². The van der Waals surface area contributed by atoms with Crippen LogP contribution in [-0.2, 0) is 4.79 Å². The Balaban J connectivity index is 2.01. The lowest BCUT2D eigenvalue weighted by molar-refractivity contribution is -0.138. The third-order valence-corrected chi connectivity index (χ3v) is 4.14. The minimum atomic E-state index is -0.754. The van der Waals surface area contributed by atoms with Gasteiger partial charge in [-0.05, 0) is 31.2 Å². The largest absolute Gasteiger partial charge is 0.481 e. The van der Waals surface area contributed by atoms with Crippen LogP contribution >= 0.6 is 11.8 Å². The number of nitrogens with zero attached hydrogens (tertiary/aromatic N) is 3. The SMILES string of the molecule is Cc1cc(C#N)nc(SCC2(CC(=O)O)CC2)n1. The summed E-state index contributed by atoms with van der Waals surface area (Å²) in [5, 5.41) is 18.2. The molecule has 1 aromatic heterocycles. The van der Waals surface area contributed by atoms with Crippen molar-refractivity contribution in [3.8, 4) is 6.07 Å². The second-order valence-electron chi connectivity index (χ2n) is 4.65. The van der Waals surface area contributed by atoms with Crippen LogP contribution < -0.4 is 0 Å². The van der Waals surface area contributed by atoms with Crippen LogP contribution in [0.2, 0.25) is 0 Å². The maximum atomic E-state index is 10.7. The van der Waals surface area contributed by atoms with E-state index in [2.05, 4.69) is 9.97 Å². The summed E-state index contributed by atoms with van der Waals surface area (Å²) in [6.07, 6.45) is 2.10. The topological polar surface area (TPSA) is 86.9 Å². The van der Waals surface area contributed by atoms with E-state index in [1.165, 1.54) is 11.8 Å². The Labute approximate surface area is 109 Å². The fraction of sp³-hybridized carbons (Fsp3) is 0.500. The summed E-state index contributed by atoms with van der Waals surface area (Å²) >= 11 is 1.44. The maximum absolute atomic E-state index is 10.7. The van der Waals surface area contributed by atoms with Crippen LogP contribution in [0.5, 0.6) is 0 Å². The fourth-order valence-corrected chi connectivity index (χ4v) is 2.95. The Morgan fingerprint density at radius 2 is 2.33 bits per heavy atom. The standard InChI is InChI=1S/C12H13N3O2S/c1-8-4-9(6-13)15-11(14-8)18-7-12(2-3-12)5-10(16)17/h4H,2-3,5,7H2,1H3,(H,16,17). The lowest BCUT2D eigenvalue weighted by Gasteiger charge is -2.10. The first kappa shape index (κ1) is 12.8. The van der Waals surface area contributed by atoms with E-state index in [1.807, 2.05) is 13.0 Å². The molecule has 0 atom stereocenters. The van der Waals surface area contributed by atoms with Crippen molar-refractivity contribution in [3.05, 3.63) is 17.5 Å². The predicted molar refractivity (Wildman–Crippen MR) is 66.1 cm³/mol. The molecule has 0 aromatic carbocycles. The van der Waals surface area contributed by atoms with E-state index in [0.29, 0.717) is 16.6 Å². The van der Waals surface area contributed by atoms with Gasteiger partial charge in [-0.2, -0.15) is 5.26 Å². The van der Waals surface area contributed by atoms with Gasteiger partial charge in [0.05, 0.1) is 6.42 Å². The summed E-state index contributed by atoms with van der Waals surface area (Å²) in [5.74, 6) is -0.0517. The molecule has 94 valence electrons. The van der Waals surface area contributed by atoms with E-state index in [4.69, 9.17) is 10.4 Å². The van der Waals surface area contributed by atoms with Crippen LogP contribution in [0, 0.1) is 23.7 Å². The van der Waals surface area contributed by atoms with Crippen LogP contribution in [0.4, 0.5) is 0 Å². The average molecular weight is 263 g/mol. The van der Waals surface area contributed by atoms with Gasteiger partial charge in [0.1, 0.15) is 11.8 Å². The molecular weight excluding hydrogens is 250 g/mol. The van der Waals surface area contributed by atoms with E-state index in [1.54, 1.807) is 6.07 Å². The van der Waals surface area contributed by atoms with Crippen molar-refractivity contribution in [2.75, 3.05) is 5.75 Å². The van der Waals surface area contributed by atoms with Gasteiger partial charge in [0, 0.05) is 11.4 Å².